The first-order valence-corrected chi connectivity index (χ1v) is 17.3. The van der Waals surface area contributed by atoms with E-state index in [1.165, 1.54) is 36.5 Å². The van der Waals surface area contributed by atoms with Crippen LogP contribution in [0.1, 0.15) is 103 Å². The van der Waals surface area contributed by atoms with Crippen LogP contribution >= 0.6 is 0 Å². The summed E-state index contributed by atoms with van der Waals surface area (Å²) < 4.78 is 26.7. The normalized spacial score (nSPS) is 15.7. The van der Waals surface area contributed by atoms with Crippen LogP contribution < -0.4 is 19.7 Å². The lowest BCUT2D eigenvalue weighted by Crippen LogP contribution is -2.65. The molecule has 2 aliphatic heterocycles. The second-order valence-electron chi connectivity index (χ2n) is 11.9. The number of halogens is 1. The van der Waals surface area contributed by atoms with E-state index in [0.29, 0.717) is 12.4 Å². The zero-order valence-electron chi connectivity index (χ0n) is 29.8. The van der Waals surface area contributed by atoms with Crippen LogP contribution in [0.15, 0.2) is 36.8 Å². The number of rotatable bonds is 8. The molecule has 6 rings (SSSR count). The summed E-state index contributed by atoms with van der Waals surface area (Å²) in [5, 5.41) is 11.4. The van der Waals surface area contributed by atoms with Crippen LogP contribution in [-0.2, 0) is 13.0 Å². The van der Waals surface area contributed by atoms with Crippen molar-refractivity contribution in [2.24, 2.45) is 5.41 Å². The number of hydrogen-bond donors (Lipinski definition) is 1. The van der Waals surface area contributed by atoms with E-state index >= 15 is 0 Å². The third-order valence-corrected chi connectivity index (χ3v) is 8.09. The highest BCUT2D eigenvalue weighted by Gasteiger charge is 2.54. The zero-order chi connectivity index (χ0) is 34.6. The fraction of sp³-hybridized carbons (Fsp3) is 0.583. The summed E-state index contributed by atoms with van der Waals surface area (Å²) in [6, 6.07) is 5.86. The molecule has 1 saturated heterocycles. The number of amides is 1. The molecule has 10 nitrogen and oxygen atoms in total. The molecule has 0 bridgehead atoms. The smallest absolute Gasteiger partial charge is 0.282 e. The van der Waals surface area contributed by atoms with Gasteiger partial charge in [-0.1, -0.05) is 48.0 Å². The minimum atomic E-state index is -0.511. The Kier molecular flexibility index (Phi) is 14.3. The molecule has 0 unspecified atom stereocenters. The average Bonchev–Trinajstić information content (AvgIpc) is 3.05. The van der Waals surface area contributed by atoms with Gasteiger partial charge in [0, 0.05) is 49.4 Å². The van der Waals surface area contributed by atoms with Gasteiger partial charge in [0.15, 0.2) is 5.82 Å². The summed E-state index contributed by atoms with van der Waals surface area (Å²) in [6.45, 7) is 21.8. The van der Waals surface area contributed by atoms with Crippen LogP contribution in [0.25, 0.3) is 0 Å². The molecule has 2 fully saturated rings. The lowest BCUT2D eigenvalue weighted by molar-refractivity contribution is -0.0350. The van der Waals surface area contributed by atoms with Crippen molar-refractivity contribution >= 4 is 11.7 Å². The molecule has 4 heterocycles. The lowest BCUT2D eigenvalue weighted by atomic mass is 9.61. The second-order valence-corrected chi connectivity index (χ2v) is 11.9. The van der Waals surface area contributed by atoms with Crippen molar-refractivity contribution in [3.63, 3.8) is 0 Å². The molecule has 1 amide bonds. The third kappa shape index (κ3) is 8.94. The van der Waals surface area contributed by atoms with Gasteiger partial charge in [-0.3, -0.25) is 9.78 Å². The number of benzene rings is 1. The molecule has 1 aliphatic carbocycles. The number of pyridine rings is 1. The number of fused-ring (bicyclic) bond motifs is 1. The van der Waals surface area contributed by atoms with Crippen LogP contribution in [-0.4, -0.2) is 69.3 Å². The van der Waals surface area contributed by atoms with Crippen LogP contribution in [0.4, 0.5) is 10.2 Å². The Morgan fingerprint density at radius 1 is 1.09 bits per heavy atom. The van der Waals surface area contributed by atoms with Crippen LogP contribution in [0.2, 0.25) is 0 Å². The Labute approximate surface area is 280 Å². The highest BCUT2D eigenvalue weighted by atomic mass is 19.1. The van der Waals surface area contributed by atoms with Crippen molar-refractivity contribution in [3.8, 4) is 17.4 Å². The predicted octanol–water partition coefficient (Wildman–Crippen LogP) is 7.23. The van der Waals surface area contributed by atoms with Gasteiger partial charge in [0.25, 0.3) is 11.8 Å². The molecule has 1 N–H and O–H groups in total. The Morgan fingerprint density at radius 3 is 2.45 bits per heavy atom. The van der Waals surface area contributed by atoms with Crippen molar-refractivity contribution in [1.29, 1.82) is 0 Å². The average molecular weight is 652 g/mol. The Bertz CT molecular complexity index is 1420. The Morgan fingerprint density at radius 2 is 1.79 bits per heavy atom. The first kappa shape index (κ1) is 37.6. The second kappa shape index (κ2) is 17.9. The largest absolute Gasteiger partial charge is 0.490 e. The number of nitrogens with zero attached hydrogens (tertiary/aromatic N) is 6. The molecule has 1 aromatic carbocycles. The molecule has 1 spiro atoms. The van der Waals surface area contributed by atoms with Gasteiger partial charge >= 0.3 is 0 Å². The molecule has 1 saturated carbocycles. The SMILES string of the molecule is CC.CC.CCC.CCN(C(=O)c1cc(F)ccc1Oc1nncnc1N1CC2(CC(Oc3ccnc4c3CCNC4)C2)C1)C(C)C. The number of carbonyl (C=O) groups excluding carboxylic acids is 1. The molecular weight excluding hydrogens is 597 g/mol. The van der Waals surface area contributed by atoms with Crippen molar-refractivity contribution in [2.45, 2.75) is 107 Å². The number of aromatic nitrogens is 4. The summed E-state index contributed by atoms with van der Waals surface area (Å²) in [4.78, 5) is 25.9. The van der Waals surface area contributed by atoms with Gasteiger partial charge in [0.05, 0.1) is 11.3 Å². The minimum Gasteiger partial charge on any atom is -0.490 e. The van der Waals surface area contributed by atoms with Gasteiger partial charge in [-0.05, 0) is 70.8 Å². The summed E-state index contributed by atoms with van der Waals surface area (Å²) in [6.07, 6.45) is 7.50. The standard InChI is InChI=1S/C29H34FN7O3.C3H8.2C2H6/c1-4-37(18(2)3)28(38)22-11-19(30)5-6-24(22)40-27-26(33-17-34-35-27)36-15-29(16-36)12-20(13-29)39-25-8-10-32-23-14-31-9-7-21(23)25;1-3-2;2*1-2/h5-6,8,10-11,17-18,20,31H,4,7,9,12-16H2,1-3H3;3H2,1-2H3;2*1-2H3. The van der Waals surface area contributed by atoms with E-state index in [4.69, 9.17) is 9.47 Å². The van der Waals surface area contributed by atoms with E-state index in [1.54, 1.807) is 4.90 Å². The number of nitrogens with one attached hydrogen (secondary N) is 1. The van der Waals surface area contributed by atoms with E-state index in [2.05, 4.69) is 44.2 Å². The van der Waals surface area contributed by atoms with Crippen LogP contribution in [0, 0.1) is 11.2 Å². The number of hydrogen-bond acceptors (Lipinski definition) is 9. The van der Waals surface area contributed by atoms with Gasteiger partial charge in [0.2, 0.25) is 0 Å². The maximum atomic E-state index is 14.2. The Balaban J connectivity index is 0.000000799. The van der Waals surface area contributed by atoms with Crippen molar-refractivity contribution in [3.05, 3.63) is 59.4 Å². The van der Waals surface area contributed by atoms with Gasteiger partial charge < -0.3 is 24.6 Å². The van der Waals surface area contributed by atoms with Crippen LogP contribution in [0.5, 0.6) is 17.4 Å². The van der Waals surface area contributed by atoms with E-state index in [9.17, 15) is 9.18 Å². The summed E-state index contributed by atoms with van der Waals surface area (Å²) in [7, 11) is 0. The Hall–Kier alpha value is -3.86. The molecule has 47 heavy (non-hydrogen) atoms. The lowest BCUT2D eigenvalue weighted by Gasteiger charge is -2.58. The first-order valence-electron chi connectivity index (χ1n) is 17.3. The van der Waals surface area contributed by atoms with E-state index in [0.717, 1.165) is 56.9 Å². The highest BCUT2D eigenvalue weighted by Crippen LogP contribution is 2.52. The monoisotopic (exact) mass is 651 g/mol. The first-order chi connectivity index (χ1) is 22.8. The molecule has 3 aromatic rings. The summed E-state index contributed by atoms with van der Waals surface area (Å²) in [5.41, 5.74) is 2.60. The number of anilines is 1. The molecular formula is C36H54FN7O3. The molecule has 0 radical (unpaired) electrons. The summed E-state index contributed by atoms with van der Waals surface area (Å²) in [5.74, 6) is 1.11. The van der Waals surface area contributed by atoms with Gasteiger partial charge in [0.1, 0.15) is 29.7 Å². The van der Waals surface area contributed by atoms with Crippen LogP contribution in [0.3, 0.4) is 0 Å². The maximum Gasteiger partial charge on any atom is 0.282 e. The predicted molar refractivity (Wildman–Crippen MR) is 185 cm³/mol. The van der Waals surface area contributed by atoms with Gasteiger partial charge in [-0.25, -0.2) is 9.37 Å². The van der Waals surface area contributed by atoms with E-state index < -0.39 is 5.82 Å². The topological polar surface area (TPSA) is 106 Å². The van der Waals surface area contributed by atoms with Gasteiger partial charge in [-0.15, -0.1) is 10.2 Å². The van der Waals surface area contributed by atoms with Gasteiger partial charge in [-0.2, -0.15) is 0 Å². The highest BCUT2D eigenvalue weighted by molar-refractivity contribution is 5.97. The zero-order valence-corrected chi connectivity index (χ0v) is 29.8. The number of carbonyl (C=O) groups is 1. The minimum absolute atomic E-state index is 0.0455. The van der Waals surface area contributed by atoms with Crippen molar-refractivity contribution < 1.29 is 18.7 Å². The van der Waals surface area contributed by atoms with Crippen molar-refractivity contribution in [2.75, 3.05) is 31.1 Å². The fourth-order valence-electron chi connectivity index (χ4n) is 6.11. The van der Waals surface area contributed by atoms with Crippen molar-refractivity contribution in [1.82, 2.24) is 30.4 Å². The molecule has 3 aliphatic rings. The maximum absolute atomic E-state index is 14.2. The fourth-order valence-corrected chi connectivity index (χ4v) is 6.11. The quantitative estimate of drug-likeness (QED) is 0.270. The molecule has 258 valence electrons. The van der Waals surface area contributed by atoms with E-state index in [-0.39, 0.29) is 40.7 Å². The number of ether oxygens (including phenoxy) is 2. The van der Waals surface area contributed by atoms with E-state index in [1.807, 2.05) is 60.7 Å². The summed E-state index contributed by atoms with van der Waals surface area (Å²) >= 11 is 0. The molecule has 11 heteroatoms. The molecule has 0 atom stereocenters. The molecule has 2 aromatic heterocycles. The third-order valence-electron chi connectivity index (χ3n) is 8.09.